The minimum absolute atomic E-state index is 0.0395. The van der Waals surface area contributed by atoms with Gasteiger partial charge in [0.2, 0.25) is 0 Å². The number of rotatable bonds is 8. The molecule has 1 atom stereocenters. The minimum atomic E-state index is -3.31. The van der Waals surface area contributed by atoms with Gasteiger partial charge in [-0.3, -0.25) is 0 Å². The monoisotopic (exact) mass is 273 g/mol. The lowest BCUT2D eigenvalue weighted by Crippen LogP contribution is -2.36. The normalized spacial score (nSPS) is 15.1. The summed E-state index contributed by atoms with van der Waals surface area (Å²) in [5.41, 5.74) is -0.462. The van der Waals surface area contributed by atoms with E-state index in [4.69, 9.17) is 16.9 Å². The first kappa shape index (κ1) is 16.1. The summed E-state index contributed by atoms with van der Waals surface area (Å²) in [5.74, 6) is -0.353. The zero-order valence-corrected chi connectivity index (χ0v) is 11.2. The Morgan fingerprint density at radius 3 is 2.44 bits per heavy atom. The number of hydrogen-bond donors (Lipinski definition) is 3. The van der Waals surface area contributed by atoms with Gasteiger partial charge >= 0.3 is 0 Å². The molecule has 7 heteroatoms. The first-order valence-electron chi connectivity index (χ1n) is 5.09. The van der Waals surface area contributed by atoms with Crippen LogP contribution in [0.25, 0.3) is 0 Å². The molecule has 0 aromatic heterocycles. The molecule has 98 valence electrons. The van der Waals surface area contributed by atoms with Crippen molar-refractivity contribution in [1.29, 1.82) is 0 Å². The van der Waals surface area contributed by atoms with E-state index in [1.165, 1.54) is 0 Å². The van der Waals surface area contributed by atoms with E-state index in [0.29, 0.717) is 6.42 Å². The molecule has 1 unspecified atom stereocenters. The van der Waals surface area contributed by atoms with Crippen LogP contribution >= 0.6 is 11.8 Å². The fourth-order valence-corrected chi connectivity index (χ4v) is 2.90. The smallest absolute Gasteiger partial charge is 0.152 e. The topological polar surface area (TPSA) is 86.6 Å². The number of nitrogens with one attached hydrogen (secondary N) is 1. The first-order chi connectivity index (χ1) is 7.22. The summed E-state index contributed by atoms with van der Waals surface area (Å²) in [4.78, 5) is 2.50. The maximum absolute atomic E-state index is 11.6. The van der Waals surface area contributed by atoms with E-state index < -0.39 is 21.5 Å². The third-order valence-electron chi connectivity index (χ3n) is 2.20. The molecule has 0 aliphatic rings. The second-order valence-electron chi connectivity index (χ2n) is 4.51. The highest BCUT2D eigenvalue weighted by atomic mass is 35.5. The van der Waals surface area contributed by atoms with Gasteiger partial charge < -0.3 is 10.2 Å². The fourth-order valence-electron chi connectivity index (χ4n) is 1.07. The maximum atomic E-state index is 11.6. The van der Waals surface area contributed by atoms with E-state index >= 15 is 0 Å². The average Bonchev–Trinajstić information content (AvgIpc) is 2.15. The Hall–Kier alpha value is 0.120. The van der Waals surface area contributed by atoms with Crippen LogP contribution in [0.4, 0.5) is 0 Å². The van der Waals surface area contributed by atoms with Crippen LogP contribution in [0, 0.1) is 0 Å². The number of sulfone groups is 1. The van der Waals surface area contributed by atoms with Crippen LogP contribution < -0.4 is 4.84 Å². The standard InChI is InChI=1S/C9H20ClNO4S/c1-9(2,11-10)4-6-16(14,15)7-8(13)3-5-12/h8,11-13H,3-7H2,1-2H3. The predicted octanol–water partition coefficient (Wildman–Crippen LogP) is 0.0566. The quantitative estimate of drug-likeness (QED) is 0.544. The van der Waals surface area contributed by atoms with Crippen LogP contribution in [0.5, 0.6) is 0 Å². The zero-order chi connectivity index (χ0) is 12.8. The van der Waals surface area contributed by atoms with Crippen LogP contribution in [0.15, 0.2) is 0 Å². The second kappa shape index (κ2) is 6.76. The molecule has 16 heavy (non-hydrogen) atoms. The van der Waals surface area contributed by atoms with Gasteiger partial charge in [0.1, 0.15) is 0 Å². The molecule has 0 saturated carbocycles. The average molecular weight is 274 g/mol. The van der Waals surface area contributed by atoms with Crippen LogP contribution in [-0.4, -0.2) is 48.4 Å². The van der Waals surface area contributed by atoms with E-state index in [1.54, 1.807) is 13.8 Å². The molecular weight excluding hydrogens is 254 g/mol. The molecule has 0 heterocycles. The molecule has 0 saturated heterocycles. The molecule has 0 spiro atoms. The minimum Gasteiger partial charge on any atom is -0.396 e. The Kier molecular flexibility index (Phi) is 6.81. The number of aliphatic hydroxyl groups is 2. The molecule has 0 amide bonds. The Bertz CT molecular complexity index is 292. The highest BCUT2D eigenvalue weighted by Crippen LogP contribution is 2.12. The van der Waals surface area contributed by atoms with Gasteiger partial charge in [-0.15, -0.1) is 0 Å². The van der Waals surface area contributed by atoms with Gasteiger partial charge in [0.25, 0.3) is 0 Å². The van der Waals surface area contributed by atoms with Crippen LogP contribution in [0.2, 0.25) is 0 Å². The summed E-state index contributed by atoms with van der Waals surface area (Å²) in [6.45, 7) is 3.37. The molecule has 0 radical (unpaired) electrons. The molecule has 0 bridgehead atoms. The molecule has 3 N–H and O–H groups in total. The van der Waals surface area contributed by atoms with Crippen molar-refractivity contribution < 1.29 is 18.6 Å². The van der Waals surface area contributed by atoms with Crippen molar-refractivity contribution in [2.24, 2.45) is 0 Å². The first-order valence-corrected chi connectivity index (χ1v) is 7.29. The van der Waals surface area contributed by atoms with E-state index in [9.17, 15) is 13.5 Å². The van der Waals surface area contributed by atoms with Gasteiger partial charge in [-0.1, -0.05) is 0 Å². The van der Waals surface area contributed by atoms with E-state index in [-0.39, 0.29) is 24.5 Å². The van der Waals surface area contributed by atoms with Crippen molar-refractivity contribution in [3.63, 3.8) is 0 Å². The fraction of sp³-hybridized carbons (Fsp3) is 1.00. The Balaban J connectivity index is 4.16. The summed E-state index contributed by atoms with van der Waals surface area (Å²) in [6, 6.07) is 0. The highest BCUT2D eigenvalue weighted by molar-refractivity contribution is 7.91. The highest BCUT2D eigenvalue weighted by Gasteiger charge is 2.22. The lowest BCUT2D eigenvalue weighted by atomic mass is 10.0. The summed E-state index contributed by atoms with van der Waals surface area (Å²) in [5, 5.41) is 17.8. The summed E-state index contributed by atoms with van der Waals surface area (Å²) >= 11 is 5.45. The molecule has 0 aliphatic heterocycles. The second-order valence-corrected chi connectivity index (χ2v) is 6.93. The predicted molar refractivity (Wildman–Crippen MR) is 64.0 cm³/mol. The van der Waals surface area contributed by atoms with E-state index in [0.717, 1.165) is 0 Å². The van der Waals surface area contributed by atoms with Gasteiger partial charge in [0.05, 0.1) is 17.6 Å². The van der Waals surface area contributed by atoms with Crippen molar-refractivity contribution >= 4 is 21.6 Å². The Morgan fingerprint density at radius 1 is 1.44 bits per heavy atom. The van der Waals surface area contributed by atoms with Crippen molar-refractivity contribution in [2.45, 2.75) is 38.3 Å². The molecule has 5 nitrogen and oxygen atoms in total. The largest absolute Gasteiger partial charge is 0.396 e. The van der Waals surface area contributed by atoms with E-state index in [1.807, 2.05) is 0 Å². The van der Waals surface area contributed by atoms with E-state index in [2.05, 4.69) is 4.84 Å². The number of aliphatic hydroxyl groups excluding tert-OH is 2. The van der Waals surface area contributed by atoms with Crippen LogP contribution in [0.3, 0.4) is 0 Å². The summed E-state index contributed by atoms with van der Waals surface area (Å²) in [7, 11) is -3.31. The molecule has 0 fully saturated rings. The van der Waals surface area contributed by atoms with Crippen molar-refractivity contribution in [3.05, 3.63) is 0 Å². The van der Waals surface area contributed by atoms with Gasteiger partial charge in [-0.05, 0) is 38.5 Å². The molecular formula is C9H20ClNO4S. The summed E-state index contributed by atoms with van der Waals surface area (Å²) < 4.78 is 23.1. The third kappa shape index (κ3) is 7.40. The molecule has 0 aliphatic carbocycles. The number of halogens is 1. The lowest BCUT2D eigenvalue weighted by Gasteiger charge is -2.22. The molecule has 0 aromatic carbocycles. The lowest BCUT2D eigenvalue weighted by molar-refractivity contribution is 0.150. The molecule has 0 rings (SSSR count). The summed E-state index contributed by atoms with van der Waals surface area (Å²) in [6.07, 6.45) is -0.553. The van der Waals surface area contributed by atoms with Crippen molar-refractivity contribution in [2.75, 3.05) is 18.1 Å². The molecule has 0 aromatic rings. The van der Waals surface area contributed by atoms with Gasteiger partial charge in [0.15, 0.2) is 9.84 Å². The van der Waals surface area contributed by atoms with Crippen LogP contribution in [0.1, 0.15) is 26.7 Å². The Labute approximate surface area is 102 Å². The third-order valence-corrected chi connectivity index (χ3v) is 4.43. The SMILES string of the molecule is CC(C)(CCS(=O)(=O)CC(O)CCO)NCl. The van der Waals surface area contributed by atoms with Crippen molar-refractivity contribution in [3.8, 4) is 0 Å². The van der Waals surface area contributed by atoms with Crippen LogP contribution in [-0.2, 0) is 9.84 Å². The van der Waals surface area contributed by atoms with Gasteiger partial charge in [-0.2, -0.15) is 0 Å². The number of hydrogen-bond acceptors (Lipinski definition) is 5. The maximum Gasteiger partial charge on any atom is 0.152 e. The van der Waals surface area contributed by atoms with Crippen molar-refractivity contribution in [1.82, 2.24) is 4.84 Å². The Morgan fingerprint density at radius 2 is 2.00 bits per heavy atom. The zero-order valence-electron chi connectivity index (χ0n) is 9.61. The van der Waals surface area contributed by atoms with Gasteiger partial charge in [0, 0.05) is 12.1 Å². The van der Waals surface area contributed by atoms with Gasteiger partial charge in [-0.25, -0.2) is 13.3 Å².